The summed E-state index contributed by atoms with van der Waals surface area (Å²) in [4.78, 5) is 26.6. The second-order valence-electron chi connectivity index (χ2n) is 8.95. The topological polar surface area (TPSA) is 81.7 Å². The van der Waals surface area contributed by atoms with Crippen LogP contribution in [0, 0.1) is 0 Å². The molecule has 2 atom stereocenters. The third-order valence-electron chi connectivity index (χ3n) is 5.91. The second-order valence-corrected chi connectivity index (χ2v) is 8.95. The Kier molecular flexibility index (Phi) is 20.0. The lowest BCUT2D eigenvalue weighted by Gasteiger charge is -2.34. The number of aliphatic hydroxyl groups excluding tert-OH is 1. The van der Waals surface area contributed by atoms with Gasteiger partial charge in [0.05, 0.1) is 0 Å². The molecule has 0 heterocycles. The summed E-state index contributed by atoms with van der Waals surface area (Å²) in [6, 6.07) is 0.299. The van der Waals surface area contributed by atoms with Crippen LogP contribution in [0.4, 0.5) is 0 Å². The van der Waals surface area contributed by atoms with Crippen LogP contribution in [0.3, 0.4) is 0 Å². The van der Waals surface area contributed by atoms with Crippen LogP contribution >= 0.6 is 0 Å². The third-order valence-corrected chi connectivity index (χ3v) is 5.91. The number of nitrogens with one attached hydrogen (secondary N) is 2. The molecule has 0 spiro atoms. The molecule has 3 N–H and O–H groups in total. The lowest BCUT2D eigenvalue weighted by Crippen LogP contribution is -2.50. The predicted octanol–water partition coefficient (Wildman–Crippen LogP) is 4.40. The van der Waals surface area contributed by atoms with E-state index in [2.05, 4.69) is 43.2 Å². The number of rotatable bonds is 21. The largest absolute Gasteiger partial charge is 0.396 e. The first-order valence-corrected chi connectivity index (χ1v) is 12.9. The number of hydrogen-bond acceptors (Lipinski definition) is 4. The Morgan fingerprint density at radius 3 is 1.52 bits per heavy atom. The Balaban J connectivity index is 4.29. The summed E-state index contributed by atoms with van der Waals surface area (Å²) < 4.78 is 0. The van der Waals surface area contributed by atoms with Crippen molar-refractivity contribution in [3.8, 4) is 0 Å². The smallest absolute Gasteiger partial charge is 0.220 e. The van der Waals surface area contributed by atoms with Crippen LogP contribution in [0.25, 0.3) is 0 Å². The van der Waals surface area contributed by atoms with Crippen LogP contribution in [0.1, 0.15) is 111 Å². The van der Waals surface area contributed by atoms with Gasteiger partial charge < -0.3 is 15.7 Å². The van der Waals surface area contributed by atoms with Gasteiger partial charge in [-0.15, -0.1) is 0 Å². The maximum atomic E-state index is 12.1. The summed E-state index contributed by atoms with van der Waals surface area (Å²) in [7, 11) is 0. The van der Waals surface area contributed by atoms with Crippen LogP contribution in [0.5, 0.6) is 0 Å². The van der Waals surface area contributed by atoms with Gasteiger partial charge in [0.25, 0.3) is 0 Å². The van der Waals surface area contributed by atoms with Crippen molar-refractivity contribution in [1.29, 1.82) is 0 Å². The van der Waals surface area contributed by atoms with E-state index in [-0.39, 0.29) is 30.5 Å². The number of amides is 2. The van der Waals surface area contributed by atoms with Crippen LogP contribution in [0.15, 0.2) is 0 Å². The maximum absolute atomic E-state index is 12.1. The molecule has 0 saturated carbocycles. The molecule has 6 nitrogen and oxygen atoms in total. The van der Waals surface area contributed by atoms with E-state index in [0.29, 0.717) is 32.4 Å². The van der Waals surface area contributed by atoms with Gasteiger partial charge in [-0.3, -0.25) is 14.5 Å². The quantitative estimate of drug-likeness (QED) is 0.231. The molecule has 6 heteroatoms. The van der Waals surface area contributed by atoms with Crippen LogP contribution in [0.2, 0.25) is 0 Å². The molecular weight excluding hydrogens is 390 g/mol. The van der Waals surface area contributed by atoms with Crippen LogP contribution in [-0.4, -0.2) is 60.1 Å². The summed E-state index contributed by atoms with van der Waals surface area (Å²) in [5, 5.41) is 15.4. The fraction of sp³-hybridized carbons (Fsp3) is 0.920. The van der Waals surface area contributed by atoms with Crippen molar-refractivity contribution in [3.63, 3.8) is 0 Å². The highest BCUT2D eigenvalue weighted by Crippen LogP contribution is 2.09. The molecule has 31 heavy (non-hydrogen) atoms. The van der Waals surface area contributed by atoms with Gasteiger partial charge in [-0.25, -0.2) is 0 Å². The summed E-state index contributed by atoms with van der Waals surface area (Å²) in [6.45, 7) is 10.7. The van der Waals surface area contributed by atoms with E-state index in [9.17, 15) is 14.7 Å². The summed E-state index contributed by atoms with van der Waals surface area (Å²) in [6.07, 6.45) is 13.3. The molecule has 0 radical (unpaired) electrons. The zero-order valence-electron chi connectivity index (χ0n) is 20.9. The number of carbonyl (C=O) groups is 2. The summed E-state index contributed by atoms with van der Waals surface area (Å²) in [5.74, 6) is 0.240. The lowest BCUT2D eigenvalue weighted by molar-refractivity contribution is -0.121. The van der Waals surface area contributed by atoms with Gasteiger partial charge in [0.2, 0.25) is 11.8 Å². The molecule has 0 bridgehead atoms. The Hall–Kier alpha value is -1.14. The van der Waals surface area contributed by atoms with E-state index >= 15 is 0 Å². The Labute approximate surface area is 191 Å². The first kappa shape index (κ1) is 29.9. The van der Waals surface area contributed by atoms with Crippen molar-refractivity contribution >= 4 is 11.8 Å². The Morgan fingerprint density at radius 1 is 0.710 bits per heavy atom. The van der Waals surface area contributed by atoms with Gasteiger partial charge in [-0.05, 0) is 33.1 Å². The molecule has 0 fully saturated rings. The van der Waals surface area contributed by atoms with Crippen molar-refractivity contribution in [3.05, 3.63) is 0 Å². The van der Waals surface area contributed by atoms with Crippen molar-refractivity contribution in [2.24, 2.45) is 0 Å². The van der Waals surface area contributed by atoms with Crippen molar-refractivity contribution < 1.29 is 14.7 Å². The first-order valence-electron chi connectivity index (χ1n) is 12.9. The monoisotopic (exact) mass is 441 g/mol. The highest BCUT2D eigenvalue weighted by Gasteiger charge is 2.20. The molecule has 2 unspecified atom stereocenters. The minimum absolute atomic E-state index is 0.120. The van der Waals surface area contributed by atoms with Gasteiger partial charge >= 0.3 is 0 Å². The van der Waals surface area contributed by atoms with E-state index in [0.717, 1.165) is 32.2 Å². The zero-order valence-corrected chi connectivity index (χ0v) is 20.9. The minimum atomic E-state index is 0.120. The number of nitrogens with zero attached hydrogens (tertiary/aromatic N) is 1. The van der Waals surface area contributed by atoms with Crippen molar-refractivity contribution in [2.75, 3.05) is 26.2 Å². The number of unbranched alkanes of at least 4 members (excludes halogenated alkanes) is 8. The normalized spacial score (nSPS) is 13.2. The molecule has 0 aliphatic heterocycles. The minimum Gasteiger partial charge on any atom is -0.396 e. The molecule has 0 rings (SSSR count). The second kappa shape index (κ2) is 20.7. The molecule has 0 aromatic carbocycles. The van der Waals surface area contributed by atoms with E-state index in [1.165, 1.54) is 38.5 Å². The fourth-order valence-corrected chi connectivity index (χ4v) is 3.84. The molecule has 0 aliphatic carbocycles. The van der Waals surface area contributed by atoms with Gasteiger partial charge in [-0.1, -0.05) is 65.2 Å². The SMILES string of the molecule is CCCCCCCC(=O)NCC(C)N(CCCO)C(C)CNC(=O)CCCCCCC. The average Bonchev–Trinajstić information content (AvgIpc) is 2.76. The standard InChI is InChI=1S/C25H51N3O3/c1-5-7-9-11-13-16-24(30)26-20-22(3)28(18-15-19-29)23(4)21-27-25(31)17-14-12-10-8-6-2/h22-23,29H,5-21H2,1-4H3,(H,26,30)(H,27,31). The Morgan fingerprint density at radius 2 is 1.13 bits per heavy atom. The van der Waals surface area contributed by atoms with Crippen LogP contribution < -0.4 is 10.6 Å². The van der Waals surface area contributed by atoms with Gasteiger partial charge in [0, 0.05) is 51.2 Å². The lowest BCUT2D eigenvalue weighted by atomic mass is 10.1. The molecular formula is C25H51N3O3. The highest BCUT2D eigenvalue weighted by molar-refractivity contribution is 5.76. The van der Waals surface area contributed by atoms with Gasteiger partial charge in [-0.2, -0.15) is 0 Å². The summed E-state index contributed by atoms with van der Waals surface area (Å²) in [5.41, 5.74) is 0. The van der Waals surface area contributed by atoms with Gasteiger partial charge in [0.15, 0.2) is 0 Å². The average molecular weight is 442 g/mol. The van der Waals surface area contributed by atoms with E-state index in [1.54, 1.807) is 0 Å². The fourth-order valence-electron chi connectivity index (χ4n) is 3.84. The zero-order chi connectivity index (χ0) is 23.3. The third kappa shape index (κ3) is 17.1. The van der Waals surface area contributed by atoms with E-state index in [1.807, 2.05) is 0 Å². The molecule has 2 amide bonds. The number of hydrogen-bond donors (Lipinski definition) is 3. The maximum Gasteiger partial charge on any atom is 0.220 e. The summed E-state index contributed by atoms with van der Waals surface area (Å²) >= 11 is 0. The molecule has 0 aromatic heterocycles. The number of carbonyl (C=O) groups excluding carboxylic acids is 2. The van der Waals surface area contributed by atoms with E-state index < -0.39 is 0 Å². The molecule has 0 aliphatic rings. The highest BCUT2D eigenvalue weighted by atomic mass is 16.3. The van der Waals surface area contributed by atoms with E-state index in [4.69, 9.17) is 0 Å². The van der Waals surface area contributed by atoms with Crippen molar-refractivity contribution in [1.82, 2.24) is 15.5 Å². The first-order chi connectivity index (χ1) is 15.0. The molecule has 184 valence electrons. The molecule has 0 saturated heterocycles. The van der Waals surface area contributed by atoms with Crippen molar-refractivity contribution in [2.45, 2.75) is 123 Å². The molecule has 0 aromatic rings. The van der Waals surface area contributed by atoms with Gasteiger partial charge in [0.1, 0.15) is 0 Å². The van der Waals surface area contributed by atoms with Crippen LogP contribution in [-0.2, 0) is 9.59 Å². The predicted molar refractivity (Wildman–Crippen MR) is 130 cm³/mol. The number of aliphatic hydroxyl groups is 1. The Bertz CT molecular complexity index is 410.